The van der Waals surface area contributed by atoms with Gasteiger partial charge in [0.1, 0.15) is 0 Å². The molecule has 8 nitrogen and oxygen atoms in total. The van der Waals surface area contributed by atoms with Gasteiger partial charge < -0.3 is 10.6 Å². The highest BCUT2D eigenvalue weighted by molar-refractivity contribution is 6.35. The Morgan fingerprint density at radius 3 is 1.12 bits per heavy atom. The van der Waals surface area contributed by atoms with E-state index in [9.17, 15) is 9.59 Å². The molecule has 0 saturated heterocycles. The van der Waals surface area contributed by atoms with Crippen molar-refractivity contribution in [2.24, 2.45) is 10.2 Å². The lowest BCUT2D eigenvalue weighted by Gasteiger charge is -2.21. The maximum absolute atomic E-state index is 14.0. The normalized spacial score (nSPS) is 16.5. The zero-order valence-corrected chi connectivity index (χ0v) is 26.5. The Morgan fingerprint density at radius 2 is 0.771 bits per heavy atom. The summed E-state index contributed by atoms with van der Waals surface area (Å²) >= 11 is 0. The molecule has 2 aliphatic rings. The molecule has 0 saturated carbocycles. The van der Waals surface area contributed by atoms with Crippen molar-refractivity contribution in [3.63, 3.8) is 0 Å². The SMILES string of the molecule is CC1=NN(c2ccccc2)C(=O)/C1=C(\Nc1ccccc1N/C(=C1\C(=O)N(c2ccccc2)N=C1C)c1ccccc1)c1ccccc1. The van der Waals surface area contributed by atoms with Gasteiger partial charge in [-0.2, -0.15) is 20.2 Å². The minimum Gasteiger partial charge on any atom is -0.353 e. The molecule has 234 valence electrons. The Hall–Kier alpha value is -6.54. The van der Waals surface area contributed by atoms with E-state index < -0.39 is 0 Å². The molecule has 0 radical (unpaired) electrons. The molecule has 5 aromatic carbocycles. The van der Waals surface area contributed by atoms with E-state index in [0.29, 0.717) is 56.7 Å². The van der Waals surface area contributed by atoms with Gasteiger partial charge in [-0.15, -0.1) is 0 Å². The fourth-order valence-electron chi connectivity index (χ4n) is 5.81. The number of anilines is 4. The molecule has 0 spiro atoms. The van der Waals surface area contributed by atoms with Gasteiger partial charge >= 0.3 is 0 Å². The third kappa shape index (κ3) is 5.78. The number of amides is 2. The van der Waals surface area contributed by atoms with Crippen molar-refractivity contribution in [2.75, 3.05) is 20.7 Å². The van der Waals surface area contributed by atoms with Gasteiger partial charge in [0.2, 0.25) is 0 Å². The predicted octanol–water partition coefficient (Wildman–Crippen LogP) is 8.18. The first-order valence-corrected chi connectivity index (χ1v) is 15.6. The lowest BCUT2D eigenvalue weighted by atomic mass is 10.0. The number of para-hydroxylation sites is 4. The largest absolute Gasteiger partial charge is 0.353 e. The van der Waals surface area contributed by atoms with Crippen LogP contribution in [0.15, 0.2) is 167 Å². The van der Waals surface area contributed by atoms with E-state index >= 15 is 0 Å². The number of rotatable bonds is 8. The number of nitrogens with zero attached hydrogens (tertiary/aromatic N) is 4. The number of hydrazone groups is 2. The number of nitrogens with one attached hydrogen (secondary N) is 2. The van der Waals surface area contributed by atoms with Gasteiger partial charge in [0.05, 0.1) is 56.7 Å². The number of hydrogen-bond acceptors (Lipinski definition) is 6. The average Bonchev–Trinajstić information content (AvgIpc) is 3.60. The molecule has 0 unspecified atom stereocenters. The molecule has 2 aliphatic heterocycles. The van der Waals surface area contributed by atoms with Crippen LogP contribution in [0.1, 0.15) is 25.0 Å². The monoisotopic (exact) mass is 628 g/mol. The number of hydrogen-bond donors (Lipinski definition) is 2. The van der Waals surface area contributed by atoms with Crippen LogP contribution in [-0.4, -0.2) is 23.2 Å². The Bertz CT molecular complexity index is 1970. The van der Waals surface area contributed by atoms with Crippen LogP contribution in [0.4, 0.5) is 22.7 Å². The van der Waals surface area contributed by atoms with E-state index in [1.54, 1.807) is 0 Å². The minimum atomic E-state index is -0.230. The molecule has 2 amide bonds. The maximum atomic E-state index is 14.0. The van der Waals surface area contributed by atoms with Gasteiger partial charge in [-0.1, -0.05) is 109 Å². The fraction of sp³-hybridized carbons (Fsp3) is 0.0500. The number of carbonyl (C=O) groups is 2. The molecule has 48 heavy (non-hydrogen) atoms. The van der Waals surface area contributed by atoms with Gasteiger partial charge in [0, 0.05) is 0 Å². The second-order valence-electron chi connectivity index (χ2n) is 11.3. The van der Waals surface area contributed by atoms with Gasteiger partial charge in [0.15, 0.2) is 0 Å². The van der Waals surface area contributed by atoms with Crippen LogP contribution in [0.25, 0.3) is 11.4 Å². The summed E-state index contributed by atoms with van der Waals surface area (Å²) < 4.78 is 0. The maximum Gasteiger partial charge on any atom is 0.282 e. The Kier molecular flexibility index (Phi) is 8.20. The molecular weight excluding hydrogens is 596 g/mol. The molecule has 2 heterocycles. The van der Waals surface area contributed by atoms with Crippen molar-refractivity contribution in [1.29, 1.82) is 0 Å². The highest BCUT2D eigenvalue weighted by Gasteiger charge is 2.34. The molecule has 5 aromatic rings. The first-order chi connectivity index (χ1) is 23.5. The van der Waals surface area contributed by atoms with E-state index in [2.05, 4.69) is 20.8 Å². The first kappa shape index (κ1) is 30.1. The van der Waals surface area contributed by atoms with E-state index in [1.165, 1.54) is 10.0 Å². The van der Waals surface area contributed by atoms with Gasteiger partial charge in [-0.3, -0.25) is 9.59 Å². The molecule has 0 aromatic heterocycles. The molecular formula is C40H32N6O2. The van der Waals surface area contributed by atoms with E-state index in [0.717, 1.165) is 11.1 Å². The molecule has 0 aliphatic carbocycles. The smallest absolute Gasteiger partial charge is 0.282 e. The van der Waals surface area contributed by atoms with E-state index in [1.807, 2.05) is 159 Å². The Balaban J connectivity index is 1.32. The van der Waals surface area contributed by atoms with Crippen LogP contribution in [0.5, 0.6) is 0 Å². The minimum absolute atomic E-state index is 0.230. The third-order valence-electron chi connectivity index (χ3n) is 8.11. The highest BCUT2D eigenvalue weighted by atomic mass is 16.2. The van der Waals surface area contributed by atoms with Crippen molar-refractivity contribution in [3.05, 3.63) is 168 Å². The van der Waals surface area contributed by atoms with Gasteiger partial charge in [-0.25, -0.2) is 0 Å². The summed E-state index contributed by atoms with van der Waals surface area (Å²) in [5, 5.41) is 19.3. The second-order valence-corrected chi connectivity index (χ2v) is 11.3. The lowest BCUT2D eigenvalue weighted by molar-refractivity contribution is -0.115. The quantitative estimate of drug-likeness (QED) is 0.170. The summed E-state index contributed by atoms with van der Waals surface area (Å²) in [6.45, 7) is 3.68. The predicted molar refractivity (Wildman–Crippen MR) is 194 cm³/mol. The van der Waals surface area contributed by atoms with Crippen molar-refractivity contribution in [3.8, 4) is 0 Å². The highest BCUT2D eigenvalue weighted by Crippen LogP contribution is 2.36. The van der Waals surface area contributed by atoms with Crippen LogP contribution in [0, 0.1) is 0 Å². The van der Waals surface area contributed by atoms with Crippen molar-refractivity contribution in [2.45, 2.75) is 13.8 Å². The van der Waals surface area contributed by atoms with Crippen molar-refractivity contribution >= 4 is 57.4 Å². The molecule has 0 fully saturated rings. The summed E-state index contributed by atoms with van der Waals surface area (Å²) in [5.74, 6) is -0.459. The van der Waals surface area contributed by atoms with Crippen molar-refractivity contribution in [1.82, 2.24) is 0 Å². The third-order valence-corrected chi connectivity index (χ3v) is 8.11. The van der Waals surface area contributed by atoms with Crippen LogP contribution in [0.3, 0.4) is 0 Å². The summed E-state index contributed by atoms with van der Waals surface area (Å²) in [6.07, 6.45) is 0. The average molecular weight is 629 g/mol. The molecule has 7 rings (SSSR count). The van der Waals surface area contributed by atoms with Crippen LogP contribution in [-0.2, 0) is 9.59 Å². The zero-order chi connectivity index (χ0) is 33.0. The standard InChI is InChI=1S/C40H32N6O2/c1-27-35(39(47)45(43-27)31-21-11-5-12-22-31)37(29-17-7-3-8-18-29)41-33-25-15-16-26-34(33)42-38(30-19-9-4-10-20-30)36-28(2)44-46(40(36)48)32-23-13-6-14-24-32/h3-26,41-42H,1-2H3/b37-35-,38-36-. The van der Waals surface area contributed by atoms with E-state index in [4.69, 9.17) is 0 Å². The topological polar surface area (TPSA) is 89.4 Å². The van der Waals surface area contributed by atoms with Crippen molar-refractivity contribution < 1.29 is 9.59 Å². The lowest BCUT2D eigenvalue weighted by Crippen LogP contribution is -2.23. The van der Waals surface area contributed by atoms with Gasteiger partial charge in [-0.05, 0) is 61.4 Å². The zero-order valence-electron chi connectivity index (χ0n) is 26.5. The molecule has 0 atom stereocenters. The molecule has 2 N–H and O–H groups in total. The van der Waals surface area contributed by atoms with Gasteiger partial charge in [0.25, 0.3) is 11.8 Å². The number of carbonyl (C=O) groups excluding carboxylic acids is 2. The summed E-state index contributed by atoms with van der Waals surface area (Å²) in [4.78, 5) is 28.0. The summed E-state index contributed by atoms with van der Waals surface area (Å²) in [5.41, 5.74) is 7.80. The summed E-state index contributed by atoms with van der Waals surface area (Å²) in [6, 6.07) is 46.0. The van der Waals surface area contributed by atoms with Crippen LogP contribution < -0.4 is 20.7 Å². The van der Waals surface area contributed by atoms with E-state index in [-0.39, 0.29) is 11.8 Å². The number of benzene rings is 5. The Labute approximate surface area is 279 Å². The first-order valence-electron chi connectivity index (χ1n) is 15.6. The fourth-order valence-corrected chi connectivity index (χ4v) is 5.81. The van der Waals surface area contributed by atoms with Crippen LogP contribution in [0.2, 0.25) is 0 Å². The Morgan fingerprint density at radius 1 is 0.458 bits per heavy atom. The second kappa shape index (κ2) is 13.1. The summed E-state index contributed by atoms with van der Waals surface area (Å²) in [7, 11) is 0. The van der Waals surface area contributed by atoms with Crippen LogP contribution >= 0.6 is 0 Å². The molecule has 0 bridgehead atoms. The molecule has 8 heteroatoms.